The Morgan fingerprint density at radius 3 is 2.81 bits per heavy atom. The number of nitrogens with one attached hydrogen (secondary N) is 1. The highest BCUT2D eigenvalue weighted by atomic mass is 16.6. The van der Waals surface area contributed by atoms with Crippen molar-refractivity contribution in [3.63, 3.8) is 0 Å². The number of carbonyl (C=O) groups is 1. The Morgan fingerprint density at radius 2 is 2.24 bits per heavy atom. The van der Waals surface area contributed by atoms with E-state index in [1.54, 1.807) is 6.92 Å². The maximum absolute atomic E-state index is 11.9. The predicted molar refractivity (Wildman–Crippen MR) is 72.0 cm³/mol. The van der Waals surface area contributed by atoms with Crippen LogP contribution in [0.2, 0.25) is 0 Å². The van der Waals surface area contributed by atoms with Crippen molar-refractivity contribution in [2.75, 3.05) is 5.32 Å². The molecular weight excluding hydrogens is 280 g/mol. The van der Waals surface area contributed by atoms with Crippen molar-refractivity contribution in [1.82, 2.24) is 9.72 Å². The van der Waals surface area contributed by atoms with E-state index in [1.165, 1.54) is 25.3 Å². The third kappa shape index (κ3) is 3.14. The van der Waals surface area contributed by atoms with Crippen molar-refractivity contribution >= 4 is 17.4 Å². The van der Waals surface area contributed by atoms with Crippen LogP contribution in [0.25, 0.3) is 0 Å². The Bertz CT molecular complexity index is 761. The fourth-order valence-corrected chi connectivity index (χ4v) is 1.76. The van der Waals surface area contributed by atoms with Gasteiger partial charge in [0.05, 0.1) is 4.92 Å². The molecule has 0 spiro atoms. The minimum atomic E-state index is -0.827. The Balaban J connectivity index is 2.20. The molecule has 9 heteroatoms. The first-order chi connectivity index (χ1) is 9.88. The lowest BCUT2D eigenvalue weighted by Gasteiger charge is -2.06. The smallest absolute Gasteiger partial charge is 0.336 e. The maximum atomic E-state index is 11.9. The van der Waals surface area contributed by atoms with Crippen LogP contribution in [0.15, 0.2) is 27.6 Å². The molecule has 0 aliphatic carbocycles. The third-order valence-electron chi connectivity index (χ3n) is 2.73. The summed E-state index contributed by atoms with van der Waals surface area (Å²) in [6.45, 7) is 2.77. The number of aromatic nitrogens is 2. The van der Waals surface area contributed by atoms with E-state index in [-0.39, 0.29) is 17.9 Å². The average Bonchev–Trinajstić information content (AvgIpc) is 2.78. The van der Waals surface area contributed by atoms with Crippen LogP contribution in [-0.2, 0) is 11.3 Å². The van der Waals surface area contributed by atoms with Gasteiger partial charge in [-0.15, -0.1) is 0 Å². The average molecular weight is 292 g/mol. The minimum absolute atomic E-state index is 0.215. The largest absolute Gasteiger partial charge is 0.360 e. The molecule has 0 saturated heterocycles. The lowest BCUT2D eigenvalue weighted by atomic mass is 10.2. The van der Waals surface area contributed by atoms with Gasteiger partial charge in [-0.3, -0.25) is 19.7 Å². The highest BCUT2D eigenvalue weighted by Gasteiger charge is 2.19. The first-order valence-electron chi connectivity index (χ1n) is 5.96. The Morgan fingerprint density at radius 1 is 1.52 bits per heavy atom. The number of hydrogen-bond donors (Lipinski definition) is 1. The van der Waals surface area contributed by atoms with Gasteiger partial charge >= 0.3 is 11.2 Å². The molecule has 0 aliphatic rings. The summed E-state index contributed by atoms with van der Waals surface area (Å²) in [6, 6.07) is 2.92. The van der Waals surface area contributed by atoms with Crippen molar-refractivity contribution in [3.05, 3.63) is 50.1 Å². The van der Waals surface area contributed by atoms with E-state index < -0.39 is 22.1 Å². The normalized spacial score (nSPS) is 10.4. The molecule has 2 rings (SSSR count). The molecule has 0 aliphatic heterocycles. The number of anilines is 1. The summed E-state index contributed by atoms with van der Waals surface area (Å²) < 4.78 is 5.75. The summed E-state index contributed by atoms with van der Waals surface area (Å²) in [7, 11) is 0. The van der Waals surface area contributed by atoms with Crippen LogP contribution in [0, 0.1) is 24.0 Å². The number of aryl methyl sites for hydroxylation is 2. The van der Waals surface area contributed by atoms with Crippen molar-refractivity contribution < 1.29 is 14.2 Å². The molecule has 0 bridgehead atoms. The summed E-state index contributed by atoms with van der Waals surface area (Å²) in [5.74, 6) is 0.198. The summed E-state index contributed by atoms with van der Waals surface area (Å²) in [4.78, 5) is 33.8. The molecule has 2 heterocycles. The van der Waals surface area contributed by atoms with Crippen LogP contribution in [0.3, 0.4) is 0 Å². The monoisotopic (exact) mass is 292 g/mol. The zero-order chi connectivity index (χ0) is 15.6. The third-order valence-corrected chi connectivity index (χ3v) is 2.73. The second-order valence-corrected chi connectivity index (χ2v) is 4.41. The van der Waals surface area contributed by atoms with Gasteiger partial charge in [-0.2, -0.15) is 0 Å². The van der Waals surface area contributed by atoms with Crippen LogP contribution in [0.5, 0.6) is 0 Å². The number of nitrogens with zero attached hydrogens (tertiary/aromatic N) is 3. The van der Waals surface area contributed by atoms with Gasteiger partial charge in [-0.25, -0.2) is 0 Å². The lowest BCUT2D eigenvalue weighted by Crippen LogP contribution is -2.29. The second-order valence-electron chi connectivity index (χ2n) is 4.41. The molecule has 0 aromatic carbocycles. The number of rotatable bonds is 4. The van der Waals surface area contributed by atoms with Crippen molar-refractivity contribution in [3.8, 4) is 0 Å². The first-order valence-corrected chi connectivity index (χ1v) is 5.96. The molecule has 110 valence electrons. The Labute approximate surface area is 118 Å². The highest BCUT2D eigenvalue weighted by molar-refractivity contribution is 5.89. The molecule has 0 fully saturated rings. The zero-order valence-corrected chi connectivity index (χ0v) is 11.3. The molecule has 2 aromatic heterocycles. The Kier molecular flexibility index (Phi) is 3.83. The summed E-state index contributed by atoms with van der Waals surface area (Å²) in [6.07, 6.45) is 1.33. The quantitative estimate of drug-likeness (QED) is 0.663. The van der Waals surface area contributed by atoms with Gasteiger partial charge in [0, 0.05) is 17.8 Å². The standard InChI is InChI=1S/C12H12N4O5/c1-7-3-4-15(12(18)11(7)16(19)20)6-10(17)13-9-5-8(2)21-14-9/h3-5H,6H2,1-2H3,(H,13,14,17). The van der Waals surface area contributed by atoms with Gasteiger partial charge in [-0.1, -0.05) is 5.16 Å². The minimum Gasteiger partial charge on any atom is -0.360 e. The second kappa shape index (κ2) is 5.57. The fourth-order valence-electron chi connectivity index (χ4n) is 1.76. The van der Waals surface area contributed by atoms with Gasteiger partial charge in [-0.05, 0) is 19.9 Å². The molecule has 21 heavy (non-hydrogen) atoms. The summed E-state index contributed by atoms with van der Waals surface area (Å²) >= 11 is 0. The maximum Gasteiger partial charge on any atom is 0.336 e. The van der Waals surface area contributed by atoms with E-state index >= 15 is 0 Å². The molecule has 0 radical (unpaired) electrons. The highest BCUT2D eigenvalue weighted by Crippen LogP contribution is 2.11. The van der Waals surface area contributed by atoms with Crippen LogP contribution in [-0.4, -0.2) is 20.6 Å². The molecule has 1 N–H and O–H groups in total. The van der Waals surface area contributed by atoms with E-state index in [4.69, 9.17) is 4.52 Å². The Hall–Kier alpha value is -2.97. The van der Waals surface area contributed by atoms with Crippen LogP contribution < -0.4 is 10.9 Å². The molecule has 0 atom stereocenters. The number of nitro groups is 1. The summed E-state index contributed by atoms with van der Waals surface area (Å²) in [5, 5.41) is 16.8. The number of pyridine rings is 1. The number of carbonyl (C=O) groups excluding carboxylic acids is 1. The zero-order valence-electron chi connectivity index (χ0n) is 11.3. The molecular formula is C12H12N4O5. The van der Waals surface area contributed by atoms with E-state index in [1.807, 2.05) is 0 Å². The molecule has 2 aromatic rings. The first kappa shape index (κ1) is 14.4. The number of amides is 1. The van der Waals surface area contributed by atoms with E-state index in [9.17, 15) is 19.7 Å². The fraction of sp³-hybridized carbons (Fsp3) is 0.250. The van der Waals surface area contributed by atoms with Gasteiger partial charge in [0.15, 0.2) is 5.82 Å². The van der Waals surface area contributed by atoms with Crippen LogP contribution in [0.1, 0.15) is 11.3 Å². The van der Waals surface area contributed by atoms with Gasteiger partial charge in [0.25, 0.3) is 0 Å². The van der Waals surface area contributed by atoms with Crippen LogP contribution >= 0.6 is 0 Å². The molecule has 1 amide bonds. The topological polar surface area (TPSA) is 120 Å². The molecule has 9 nitrogen and oxygen atoms in total. The molecule has 0 unspecified atom stereocenters. The predicted octanol–water partition coefficient (Wildman–Crippen LogP) is 1.00. The van der Waals surface area contributed by atoms with Crippen molar-refractivity contribution in [2.45, 2.75) is 20.4 Å². The molecule has 0 saturated carbocycles. The van der Waals surface area contributed by atoms with Gasteiger partial charge in [0.2, 0.25) is 5.91 Å². The van der Waals surface area contributed by atoms with Gasteiger partial charge < -0.3 is 14.4 Å². The van der Waals surface area contributed by atoms with Crippen LogP contribution in [0.4, 0.5) is 11.5 Å². The number of hydrogen-bond acceptors (Lipinski definition) is 6. The van der Waals surface area contributed by atoms with Crippen molar-refractivity contribution in [1.29, 1.82) is 0 Å². The SMILES string of the molecule is Cc1cc(NC(=O)Cn2ccc(C)c([N+](=O)[O-])c2=O)no1. The van der Waals surface area contributed by atoms with E-state index in [0.29, 0.717) is 5.76 Å². The van der Waals surface area contributed by atoms with Crippen molar-refractivity contribution in [2.24, 2.45) is 0 Å². The van der Waals surface area contributed by atoms with E-state index in [0.717, 1.165) is 4.57 Å². The lowest BCUT2D eigenvalue weighted by molar-refractivity contribution is -0.387. The van der Waals surface area contributed by atoms with E-state index in [2.05, 4.69) is 10.5 Å². The van der Waals surface area contributed by atoms with Gasteiger partial charge in [0.1, 0.15) is 12.3 Å². The summed E-state index contributed by atoms with van der Waals surface area (Å²) in [5.41, 5.74) is -1.12.